The molecule has 0 saturated carbocycles. The summed E-state index contributed by atoms with van der Waals surface area (Å²) in [6.07, 6.45) is -3.55. The zero-order chi connectivity index (χ0) is 33.8. The Morgan fingerprint density at radius 3 is 2.55 bits per heavy atom. The number of ether oxygens (including phenoxy) is 5. The van der Waals surface area contributed by atoms with Gasteiger partial charge in [-0.05, 0) is 19.4 Å². The van der Waals surface area contributed by atoms with E-state index in [1.165, 1.54) is 30.2 Å². The molecule has 4 N–H and O–H groups in total. The first-order valence-electron chi connectivity index (χ1n) is 15.5. The molecule has 4 aliphatic rings. The Labute approximate surface area is 269 Å². The summed E-state index contributed by atoms with van der Waals surface area (Å²) >= 11 is 0. The zero-order valence-corrected chi connectivity index (χ0v) is 26.2. The highest BCUT2D eigenvalue weighted by Crippen LogP contribution is 2.52. The topological polar surface area (TPSA) is 199 Å². The van der Waals surface area contributed by atoms with Crippen molar-refractivity contribution in [1.82, 2.24) is 4.90 Å². The Morgan fingerprint density at radius 1 is 1.11 bits per heavy atom. The number of aromatic hydroxyl groups is 2. The van der Waals surface area contributed by atoms with Gasteiger partial charge < -0.3 is 44.1 Å². The molecule has 2 aliphatic carbocycles. The van der Waals surface area contributed by atoms with Gasteiger partial charge in [0.15, 0.2) is 17.9 Å². The van der Waals surface area contributed by atoms with Crippen LogP contribution in [0, 0.1) is 0 Å². The number of hydrogen-bond donors (Lipinski definition) is 4. The van der Waals surface area contributed by atoms with Crippen LogP contribution in [-0.2, 0) is 30.2 Å². The fourth-order valence-corrected chi connectivity index (χ4v) is 7.07. The molecular formula is C33H37NO13. The van der Waals surface area contributed by atoms with Gasteiger partial charge in [-0.2, -0.15) is 0 Å². The Balaban J connectivity index is 1.40. The molecule has 14 heteroatoms. The maximum atomic E-state index is 13.9. The van der Waals surface area contributed by atoms with Gasteiger partial charge >= 0.3 is 6.09 Å². The Bertz CT molecular complexity index is 1640. The van der Waals surface area contributed by atoms with Crippen molar-refractivity contribution in [2.75, 3.05) is 27.1 Å². The number of fused-ring (bicyclic) bond motifs is 4. The minimum Gasteiger partial charge on any atom is -0.507 e. The van der Waals surface area contributed by atoms with Crippen molar-refractivity contribution < 1.29 is 63.3 Å². The molecule has 6 atom stereocenters. The standard InChI is InChI=1S/C33H37NO13/c1-4-5-9-44-32(41)34-14-45-31-15(2)46-22(10-18(31)34)47-20-12-33(42,21(36)13-35)11-17-24(20)30(40)26-25(28(17)38)27(37)16-7-6-8-19(43-3)23(16)29(26)39/h6-8,15,18,20,22,31,35,38,40,42H,4-5,9-14H2,1-3H3/t15-,18-,20-,22-,31+,33-/m0/s1. The van der Waals surface area contributed by atoms with E-state index in [-0.39, 0.29) is 47.8 Å². The summed E-state index contributed by atoms with van der Waals surface area (Å²) in [5.41, 5.74) is -3.70. The number of amides is 1. The van der Waals surface area contributed by atoms with E-state index in [9.17, 15) is 39.6 Å². The van der Waals surface area contributed by atoms with Crippen molar-refractivity contribution in [3.63, 3.8) is 0 Å². The van der Waals surface area contributed by atoms with Gasteiger partial charge in [0.2, 0.25) is 5.78 Å². The molecule has 2 heterocycles. The molecule has 2 aliphatic heterocycles. The lowest BCUT2D eigenvalue weighted by atomic mass is 9.72. The van der Waals surface area contributed by atoms with Gasteiger partial charge in [-0.1, -0.05) is 25.5 Å². The number of aliphatic hydroxyl groups is 2. The zero-order valence-electron chi connectivity index (χ0n) is 26.2. The third-order valence-corrected chi connectivity index (χ3v) is 9.46. The molecule has 6 rings (SSSR count). The SMILES string of the molecule is CCCCOC(=O)N1CO[C@@H]2[C@H](C)O[C@@H](O[C@H]3C[C@](O)(C(=O)CO)Cc4c(O)c5c(c(O)c43)C(=O)c3c(OC)cccc3C5=O)C[C@@H]21. The lowest BCUT2D eigenvalue weighted by molar-refractivity contribution is -0.246. The van der Waals surface area contributed by atoms with Crippen LogP contribution in [0.5, 0.6) is 17.2 Å². The first-order valence-corrected chi connectivity index (χ1v) is 15.5. The molecule has 0 unspecified atom stereocenters. The minimum atomic E-state index is -2.28. The smallest absolute Gasteiger partial charge is 0.411 e. The predicted octanol–water partition coefficient (Wildman–Crippen LogP) is 2.28. The van der Waals surface area contributed by atoms with Crippen LogP contribution in [0.25, 0.3) is 0 Å². The van der Waals surface area contributed by atoms with Gasteiger partial charge in [0.1, 0.15) is 42.3 Å². The molecule has 47 heavy (non-hydrogen) atoms. The summed E-state index contributed by atoms with van der Waals surface area (Å²) in [7, 11) is 1.33. The Hall–Kier alpha value is -4.08. The molecule has 0 radical (unpaired) electrons. The molecule has 14 nitrogen and oxygen atoms in total. The monoisotopic (exact) mass is 655 g/mol. The number of phenols is 2. The normalized spacial score (nSPS) is 27.9. The quantitative estimate of drug-likeness (QED) is 0.204. The largest absolute Gasteiger partial charge is 0.507 e. The number of methoxy groups -OCH3 is 1. The number of rotatable bonds is 8. The Kier molecular flexibility index (Phi) is 8.74. The summed E-state index contributed by atoms with van der Waals surface area (Å²) in [4.78, 5) is 54.7. The van der Waals surface area contributed by atoms with Crippen LogP contribution in [0.4, 0.5) is 4.79 Å². The van der Waals surface area contributed by atoms with Gasteiger partial charge in [-0.25, -0.2) is 4.79 Å². The third kappa shape index (κ3) is 5.33. The highest BCUT2D eigenvalue weighted by atomic mass is 16.7. The van der Waals surface area contributed by atoms with E-state index >= 15 is 0 Å². The minimum absolute atomic E-state index is 0.0282. The average molecular weight is 656 g/mol. The van der Waals surface area contributed by atoms with Crippen molar-refractivity contribution in [2.24, 2.45) is 0 Å². The van der Waals surface area contributed by atoms with Gasteiger partial charge in [0.05, 0.1) is 48.7 Å². The van der Waals surface area contributed by atoms with E-state index in [2.05, 4.69) is 0 Å². The molecule has 0 spiro atoms. The molecule has 252 valence electrons. The van der Waals surface area contributed by atoms with Gasteiger partial charge in [-0.3, -0.25) is 19.3 Å². The summed E-state index contributed by atoms with van der Waals surface area (Å²) in [5, 5.41) is 44.4. The molecule has 0 aromatic heterocycles. The molecule has 2 saturated heterocycles. The van der Waals surface area contributed by atoms with Crippen LogP contribution in [0.3, 0.4) is 0 Å². The van der Waals surface area contributed by atoms with E-state index in [4.69, 9.17) is 23.7 Å². The summed E-state index contributed by atoms with van der Waals surface area (Å²) in [6, 6.07) is 3.86. The molecular weight excluding hydrogens is 618 g/mol. The fourth-order valence-electron chi connectivity index (χ4n) is 7.07. The maximum absolute atomic E-state index is 13.9. The molecule has 2 fully saturated rings. The number of benzene rings is 2. The van der Waals surface area contributed by atoms with Crippen molar-refractivity contribution in [3.05, 3.63) is 51.6 Å². The molecule has 0 bridgehead atoms. The lowest BCUT2D eigenvalue weighted by Crippen LogP contribution is -2.52. The maximum Gasteiger partial charge on any atom is 0.411 e. The van der Waals surface area contributed by atoms with Gasteiger partial charge in [0.25, 0.3) is 0 Å². The van der Waals surface area contributed by atoms with Crippen molar-refractivity contribution in [2.45, 2.75) is 82.2 Å². The number of phenolic OH excluding ortho intramolecular Hbond substituents is 2. The van der Waals surface area contributed by atoms with E-state index in [1.807, 2.05) is 6.92 Å². The number of ketones is 3. The first-order chi connectivity index (χ1) is 22.4. The Morgan fingerprint density at radius 2 is 1.85 bits per heavy atom. The first kappa shape index (κ1) is 32.8. The van der Waals surface area contributed by atoms with Crippen molar-refractivity contribution >= 4 is 23.4 Å². The second kappa shape index (κ2) is 12.5. The number of unbranched alkanes of at least 4 members (excludes halogenated alkanes) is 1. The average Bonchev–Trinajstić information content (AvgIpc) is 3.49. The second-order valence-corrected chi connectivity index (χ2v) is 12.3. The van der Waals surface area contributed by atoms with E-state index < -0.39 is 102 Å². The molecule has 1 amide bonds. The number of Topliss-reactive ketones (excluding diaryl/α,β-unsaturated/α-hetero) is 1. The van der Waals surface area contributed by atoms with E-state index in [0.717, 1.165) is 6.42 Å². The predicted molar refractivity (Wildman–Crippen MR) is 159 cm³/mol. The summed E-state index contributed by atoms with van der Waals surface area (Å²) in [6.45, 7) is 2.89. The van der Waals surface area contributed by atoms with Crippen LogP contribution in [0.2, 0.25) is 0 Å². The van der Waals surface area contributed by atoms with Crippen molar-refractivity contribution in [1.29, 1.82) is 0 Å². The number of aliphatic hydroxyl groups excluding tert-OH is 1. The summed E-state index contributed by atoms with van der Waals surface area (Å²) in [5.74, 6) is -3.81. The van der Waals surface area contributed by atoms with E-state index in [0.29, 0.717) is 6.42 Å². The van der Waals surface area contributed by atoms with Crippen molar-refractivity contribution in [3.8, 4) is 17.2 Å². The van der Waals surface area contributed by atoms with Gasteiger partial charge in [0, 0.05) is 36.0 Å². The number of nitrogens with zero attached hydrogens (tertiary/aromatic N) is 1. The fraction of sp³-hybridized carbons (Fsp3) is 0.515. The lowest BCUT2D eigenvalue weighted by Gasteiger charge is -2.42. The second-order valence-electron chi connectivity index (χ2n) is 12.3. The molecule has 2 aromatic rings. The highest BCUT2D eigenvalue weighted by molar-refractivity contribution is 6.31. The number of carbonyl (C=O) groups is 4. The molecule has 2 aromatic carbocycles. The van der Waals surface area contributed by atoms with Gasteiger partial charge in [-0.15, -0.1) is 0 Å². The van der Waals surface area contributed by atoms with Crippen LogP contribution < -0.4 is 4.74 Å². The van der Waals surface area contributed by atoms with E-state index in [1.54, 1.807) is 6.92 Å². The number of hydrogen-bond acceptors (Lipinski definition) is 13. The highest BCUT2D eigenvalue weighted by Gasteiger charge is 2.52. The van der Waals surface area contributed by atoms with Crippen LogP contribution >= 0.6 is 0 Å². The summed E-state index contributed by atoms with van der Waals surface area (Å²) < 4.78 is 28.9. The van der Waals surface area contributed by atoms with Crippen LogP contribution in [-0.4, -0.2) is 106 Å². The van der Waals surface area contributed by atoms with Crippen LogP contribution in [0.15, 0.2) is 18.2 Å². The third-order valence-electron chi connectivity index (χ3n) is 9.46. The van der Waals surface area contributed by atoms with Crippen LogP contribution in [0.1, 0.15) is 88.6 Å². The number of carbonyl (C=O) groups excluding carboxylic acids is 4.